The number of piperidine rings is 1. The van der Waals surface area contributed by atoms with E-state index in [1.807, 2.05) is 54.3 Å². The van der Waals surface area contributed by atoms with Gasteiger partial charge in [-0.15, -0.1) is 11.3 Å². The molecule has 1 saturated heterocycles. The van der Waals surface area contributed by atoms with Crippen molar-refractivity contribution in [1.29, 1.82) is 0 Å². The molecular weight excluding hydrogens is 418 g/mol. The summed E-state index contributed by atoms with van der Waals surface area (Å²) in [6.45, 7) is 4.31. The Kier molecular flexibility index (Phi) is 5.03. The Balaban J connectivity index is 1.44. The van der Waals surface area contributed by atoms with Gasteiger partial charge < -0.3 is 9.84 Å². The predicted molar refractivity (Wildman–Crippen MR) is 119 cm³/mol. The van der Waals surface area contributed by atoms with Crippen LogP contribution in [-0.4, -0.2) is 39.0 Å². The molecule has 30 heavy (non-hydrogen) atoms. The number of nitrogens with zero attached hydrogens (tertiary/aromatic N) is 3. The summed E-state index contributed by atoms with van der Waals surface area (Å²) in [6.07, 6.45) is 5.77. The Morgan fingerprint density at radius 2 is 2.13 bits per heavy atom. The van der Waals surface area contributed by atoms with Gasteiger partial charge in [0.15, 0.2) is 0 Å². The summed E-state index contributed by atoms with van der Waals surface area (Å²) in [5, 5.41) is 15.9. The number of hydrogen-bond donors (Lipinski definition) is 1. The number of thiophene rings is 1. The number of aryl methyl sites for hydroxylation is 1. The second kappa shape index (κ2) is 7.46. The normalized spacial score (nSPS) is 29.3. The van der Waals surface area contributed by atoms with Gasteiger partial charge in [0, 0.05) is 48.4 Å². The van der Waals surface area contributed by atoms with Gasteiger partial charge in [0.05, 0.1) is 17.1 Å². The van der Waals surface area contributed by atoms with E-state index in [9.17, 15) is 5.11 Å². The number of ether oxygens (including phenoxy) is 1. The molecule has 2 aliphatic rings. The molecule has 2 aliphatic heterocycles. The van der Waals surface area contributed by atoms with Crippen LogP contribution in [0.15, 0.2) is 48.8 Å². The average Bonchev–Trinajstić information content (AvgIpc) is 3.34. The van der Waals surface area contributed by atoms with Crippen LogP contribution in [0.5, 0.6) is 0 Å². The minimum atomic E-state index is -1.17. The van der Waals surface area contributed by atoms with Gasteiger partial charge in [0.1, 0.15) is 11.2 Å². The van der Waals surface area contributed by atoms with Gasteiger partial charge in [-0.05, 0) is 31.4 Å². The smallest absolute Gasteiger partial charge is 0.139 e. The monoisotopic (exact) mass is 443 g/mol. The molecule has 0 amide bonds. The molecule has 4 heterocycles. The molecule has 158 valence electrons. The molecule has 1 spiro atoms. The summed E-state index contributed by atoms with van der Waals surface area (Å²) in [7, 11) is 1.95. The lowest BCUT2D eigenvalue weighted by molar-refractivity contribution is -0.160. The molecule has 2 aromatic heterocycles. The van der Waals surface area contributed by atoms with Crippen LogP contribution in [0.25, 0.3) is 0 Å². The van der Waals surface area contributed by atoms with Crippen LogP contribution < -0.4 is 0 Å². The Morgan fingerprint density at radius 1 is 1.33 bits per heavy atom. The van der Waals surface area contributed by atoms with Crippen LogP contribution in [0.1, 0.15) is 41.3 Å². The second-order valence-electron chi connectivity index (χ2n) is 8.60. The first-order valence-corrected chi connectivity index (χ1v) is 11.5. The van der Waals surface area contributed by atoms with Crippen molar-refractivity contribution in [2.45, 2.75) is 43.6 Å². The molecule has 0 radical (unpaired) electrons. The first-order valence-electron chi connectivity index (χ1n) is 10.3. The highest BCUT2D eigenvalue weighted by atomic mass is 35.5. The van der Waals surface area contributed by atoms with Crippen molar-refractivity contribution in [3.8, 4) is 0 Å². The van der Waals surface area contributed by atoms with E-state index in [0.717, 1.165) is 41.9 Å². The maximum absolute atomic E-state index is 11.6. The molecule has 5 rings (SSSR count). The highest BCUT2D eigenvalue weighted by Crippen LogP contribution is 2.53. The molecule has 1 aromatic carbocycles. The van der Waals surface area contributed by atoms with Crippen molar-refractivity contribution in [1.82, 2.24) is 14.7 Å². The van der Waals surface area contributed by atoms with E-state index in [1.54, 1.807) is 11.3 Å². The summed E-state index contributed by atoms with van der Waals surface area (Å²) < 4.78 is 9.09. The fraction of sp³-hybridized carbons (Fsp3) is 0.435. The lowest BCUT2D eigenvalue weighted by Crippen LogP contribution is -2.53. The van der Waals surface area contributed by atoms with E-state index < -0.39 is 5.60 Å². The number of benzene rings is 1. The molecule has 0 bridgehead atoms. The highest BCUT2D eigenvalue weighted by Gasteiger charge is 2.51. The standard InChI is InChI=1S/C23H26ClN3O2S/c1-16-11-22(8-9-27(16)14-17-12-25-26(2)13-17)21-19(10-20(24)30-21)23(28,15-29-22)18-6-4-3-5-7-18/h3-7,10,12-13,16,28H,8-9,11,14-15H2,1-2H3. The van der Waals surface area contributed by atoms with Crippen molar-refractivity contribution >= 4 is 22.9 Å². The Morgan fingerprint density at radius 3 is 2.83 bits per heavy atom. The lowest BCUT2D eigenvalue weighted by atomic mass is 9.76. The molecule has 3 aromatic rings. The number of likely N-dealkylation sites (tertiary alicyclic amines) is 1. The molecule has 1 fully saturated rings. The first-order chi connectivity index (χ1) is 14.4. The SMILES string of the molecule is CC1CC2(CCN1Cc1cnn(C)c1)OCC(O)(c1ccccc1)c1cc(Cl)sc12. The highest BCUT2D eigenvalue weighted by molar-refractivity contribution is 7.16. The quantitative estimate of drug-likeness (QED) is 0.656. The van der Waals surface area contributed by atoms with Crippen LogP contribution >= 0.6 is 22.9 Å². The first kappa shape index (κ1) is 20.2. The molecule has 0 saturated carbocycles. The largest absolute Gasteiger partial charge is 0.378 e. The number of aromatic nitrogens is 2. The molecule has 3 unspecified atom stereocenters. The van der Waals surface area contributed by atoms with Gasteiger partial charge in [0.25, 0.3) is 0 Å². The Bertz CT molecular complexity index is 1050. The minimum absolute atomic E-state index is 0.242. The molecule has 5 nitrogen and oxygen atoms in total. The summed E-state index contributed by atoms with van der Waals surface area (Å²) in [5.41, 5.74) is 1.42. The van der Waals surface area contributed by atoms with Crippen molar-refractivity contribution in [2.24, 2.45) is 7.05 Å². The van der Waals surface area contributed by atoms with Gasteiger partial charge in [-0.1, -0.05) is 41.9 Å². The van der Waals surface area contributed by atoms with Gasteiger partial charge >= 0.3 is 0 Å². The Labute approximate surface area is 185 Å². The van der Waals surface area contributed by atoms with Crippen molar-refractivity contribution in [3.63, 3.8) is 0 Å². The van der Waals surface area contributed by atoms with Crippen LogP contribution in [0.4, 0.5) is 0 Å². The fourth-order valence-corrected chi connectivity index (χ4v) is 6.44. The predicted octanol–water partition coefficient (Wildman–Crippen LogP) is 4.28. The van der Waals surface area contributed by atoms with E-state index >= 15 is 0 Å². The molecule has 0 aliphatic carbocycles. The zero-order valence-electron chi connectivity index (χ0n) is 17.2. The second-order valence-corrected chi connectivity index (χ2v) is 10.3. The van der Waals surface area contributed by atoms with Crippen LogP contribution in [0.2, 0.25) is 4.34 Å². The van der Waals surface area contributed by atoms with Crippen LogP contribution in [0, 0.1) is 0 Å². The number of hydrogen-bond acceptors (Lipinski definition) is 5. The van der Waals surface area contributed by atoms with Crippen molar-refractivity contribution in [2.75, 3.05) is 13.2 Å². The van der Waals surface area contributed by atoms with E-state index in [-0.39, 0.29) is 12.2 Å². The molecule has 7 heteroatoms. The molecular formula is C23H26ClN3O2S. The van der Waals surface area contributed by atoms with Crippen LogP contribution in [-0.2, 0) is 29.5 Å². The number of rotatable bonds is 3. The third-order valence-electron chi connectivity index (χ3n) is 6.57. The number of aliphatic hydroxyl groups is 1. The van der Waals surface area contributed by atoms with Gasteiger partial charge in [0.2, 0.25) is 0 Å². The zero-order valence-corrected chi connectivity index (χ0v) is 18.8. The summed E-state index contributed by atoms with van der Waals surface area (Å²) >= 11 is 8.03. The van der Waals surface area contributed by atoms with E-state index in [0.29, 0.717) is 10.4 Å². The maximum atomic E-state index is 11.6. The third-order valence-corrected chi connectivity index (χ3v) is 8.01. The lowest BCUT2D eigenvalue weighted by Gasteiger charge is -2.50. The average molecular weight is 444 g/mol. The number of halogens is 1. The van der Waals surface area contributed by atoms with E-state index in [1.165, 1.54) is 5.56 Å². The minimum Gasteiger partial charge on any atom is -0.378 e. The topological polar surface area (TPSA) is 50.5 Å². The molecule has 3 atom stereocenters. The van der Waals surface area contributed by atoms with Crippen LogP contribution in [0.3, 0.4) is 0 Å². The van der Waals surface area contributed by atoms with E-state index in [2.05, 4.69) is 23.1 Å². The molecule has 1 N–H and O–H groups in total. The Hall–Kier alpha value is -1.70. The van der Waals surface area contributed by atoms with Gasteiger partial charge in [-0.2, -0.15) is 5.10 Å². The maximum Gasteiger partial charge on any atom is 0.139 e. The number of fused-ring (bicyclic) bond motifs is 2. The summed E-state index contributed by atoms with van der Waals surface area (Å²) in [6, 6.07) is 12.0. The third kappa shape index (κ3) is 3.31. The summed E-state index contributed by atoms with van der Waals surface area (Å²) in [5.74, 6) is 0. The zero-order chi connectivity index (χ0) is 20.9. The van der Waals surface area contributed by atoms with Crippen molar-refractivity contribution < 1.29 is 9.84 Å². The van der Waals surface area contributed by atoms with E-state index in [4.69, 9.17) is 16.3 Å². The van der Waals surface area contributed by atoms with Gasteiger partial charge in [-0.25, -0.2) is 0 Å². The van der Waals surface area contributed by atoms with Gasteiger partial charge in [-0.3, -0.25) is 9.58 Å². The summed E-state index contributed by atoms with van der Waals surface area (Å²) in [4.78, 5) is 3.57. The fourth-order valence-electron chi connectivity index (χ4n) is 4.96. The van der Waals surface area contributed by atoms with Crippen molar-refractivity contribution in [3.05, 3.63) is 74.7 Å².